The summed E-state index contributed by atoms with van der Waals surface area (Å²) >= 11 is 0. The first-order chi connectivity index (χ1) is 16.7. The number of hydrogen-bond acceptors (Lipinski definition) is 4. The minimum Gasteiger partial charge on any atom is -0.494 e. The summed E-state index contributed by atoms with van der Waals surface area (Å²) in [5.74, 6) is -0.695. The number of amides is 4. The van der Waals surface area contributed by atoms with E-state index in [-0.39, 0.29) is 5.57 Å². The Bertz CT molecular complexity index is 1340. The van der Waals surface area contributed by atoms with E-state index >= 15 is 0 Å². The van der Waals surface area contributed by atoms with Crippen molar-refractivity contribution in [3.05, 3.63) is 99.6 Å². The number of urea groups is 1. The third-order valence-electron chi connectivity index (χ3n) is 5.74. The largest absolute Gasteiger partial charge is 0.494 e. The zero-order valence-corrected chi connectivity index (χ0v) is 20.3. The van der Waals surface area contributed by atoms with Gasteiger partial charge in [0.2, 0.25) is 0 Å². The van der Waals surface area contributed by atoms with Crippen molar-refractivity contribution in [1.29, 1.82) is 0 Å². The molecule has 4 amide bonds. The van der Waals surface area contributed by atoms with Gasteiger partial charge in [-0.25, -0.2) is 9.69 Å². The molecular formula is C29H28N2O4. The molecule has 1 aliphatic heterocycles. The Morgan fingerprint density at radius 2 is 1.63 bits per heavy atom. The molecular weight excluding hydrogens is 440 g/mol. The fraction of sp³-hybridized carbons (Fsp3) is 0.207. The second-order valence-electron chi connectivity index (χ2n) is 8.77. The first-order valence-electron chi connectivity index (χ1n) is 11.6. The summed E-state index contributed by atoms with van der Waals surface area (Å²) in [5, 5.41) is 2.27. The van der Waals surface area contributed by atoms with Crippen LogP contribution in [0.15, 0.2) is 66.2 Å². The van der Waals surface area contributed by atoms with Crippen LogP contribution in [-0.2, 0) is 16.0 Å². The van der Waals surface area contributed by atoms with Gasteiger partial charge in [0, 0.05) is 6.42 Å². The van der Waals surface area contributed by atoms with Crippen molar-refractivity contribution in [2.24, 2.45) is 0 Å². The van der Waals surface area contributed by atoms with Gasteiger partial charge in [0.05, 0.1) is 12.3 Å². The number of anilines is 1. The standard InChI is InChI=1S/C29H28N2O4/c1-5-35-26-17-21(9-10-23(26)15-22-12-19(3)11-20(4)13-22)16-25-27(32)30-29(34)31(28(25)33)24-8-6-7-18(2)14-24/h6-14,16-17H,5,15H2,1-4H3,(H,30,32,34)/b25-16+. The maximum atomic E-state index is 13.2. The number of imide groups is 2. The fourth-order valence-electron chi connectivity index (χ4n) is 4.31. The highest BCUT2D eigenvalue weighted by Gasteiger charge is 2.36. The molecule has 1 heterocycles. The van der Waals surface area contributed by atoms with Crippen molar-refractivity contribution in [3.8, 4) is 5.75 Å². The lowest BCUT2D eigenvalue weighted by Gasteiger charge is -2.26. The quantitative estimate of drug-likeness (QED) is 0.395. The van der Waals surface area contributed by atoms with Crippen molar-refractivity contribution in [2.75, 3.05) is 11.5 Å². The molecule has 4 rings (SSSR count). The van der Waals surface area contributed by atoms with Crippen LogP contribution in [0.2, 0.25) is 0 Å². The van der Waals surface area contributed by atoms with Crippen LogP contribution >= 0.6 is 0 Å². The van der Waals surface area contributed by atoms with Gasteiger partial charge in [-0.1, -0.05) is 53.6 Å². The van der Waals surface area contributed by atoms with Crippen LogP contribution in [0.1, 0.15) is 40.3 Å². The van der Waals surface area contributed by atoms with E-state index in [0.29, 0.717) is 30.0 Å². The third-order valence-corrected chi connectivity index (χ3v) is 5.74. The summed E-state index contributed by atoms with van der Waals surface area (Å²) in [5.41, 5.74) is 6.42. The molecule has 3 aromatic rings. The highest BCUT2D eigenvalue weighted by atomic mass is 16.5. The van der Waals surface area contributed by atoms with Gasteiger partial charge in [0.1, 0.15) is 11.3 Å². The fourth-order valence-corrected chi connectivity index (χ4v) is 4.31. The monoisotopic (exact) mass is 468 g/mol. The molecule has 1 saturated heterocycles. The summed E-state index contributed by atoms with van der Waals surface area (Å²) in [6, 6.07) is 18.3. The third kappa shape index (κ3) is 5.32. The number of nitrogens with zero attached hydrogens (tertiary/aromatic N) is 1. The van der Waals surface area contributed by atoms with Gasteiger partial charge in [0.15, 0.2) is 0 Å². The van der Waals surface area contributed by atoms with Gasteiger partial charge in [-0.2, -0.15) is 0 Å². The molecule has 0 aliphatic carbocycles. The van der Waals surface area contributed by atoms with E-state index in [4.69, 9.17) is 4.74 Å². The maximum Gasteiger partial charge on any atom is 0.335 e. The number of ether oxygens (including phenoxy) is 1. The number of barbiturate groups is 1. The van der Waals surface area contributed by atoms with Gasteiger partial charge >= 0.3 is 6.03 Å². The van der Waals surface area contributed by atoms with E-state index in [1.807, 2.05) is 38.1 Å². The molecule has 3 aromatic carbocycles. The van der Waals surface area contributed by atoms with Crippen LogP contribution in [-0.4, -0.2) is 24.5 Å². The van der Waals surface area contributed by atoms with Gasteiger partial charge in [-0.15, -0.1) is 0 Å². The lowest BCUT2D eigenvalue weighted by molar-refractivity contribution is -0.122. The minimum absolute atomic E-state index is 0.115. The Balaban J connectivity index is 1.68. The molecule has 0 aromatic heterocycles. The zero-order valence-electron chi connectivity index (χ0n) is 20.3. The lowest BCUT2D eigenvalue weighted by atomic mass is 9.98. The predicted molar refractivity (Wildman–Crippen MR) is 137 cm³/mol. The van der Waals surface area contributed by atoms with E-state index in [0.717, 1.165) is 16.0 Å². The number of hydrogen-bond donors (Lipinski definition) is 1. The number of carbonyl (C=O) groups is 3. The van der Waals surface area contributed by atoms with Crippen LogP contribution in [0.3, 0.4) is 0 Å². The first kappa shape index (κ1) is 24.0. The Labute approximate surface area is 205 Å². The van der Waals surface area contributed by atoms with Crippen molar-refractivity contribution in [1.82, 2.24) is 5.32 Å². The molecule has 178 valence electrons. The SMILES string of the molecule is CCOc1cc(/C=C2\C(=O)NC(=O)N(c3cccc(C)c3)C2=O)ccc1Cc1cc(C)cc(C)c1. The Morgan fingerprint density at radius 3 is 2.31 bits per heavy atom. The number of benzene rings is 3. The first-order valence-corrected chi connectivity index (χ1v) is 11.6. The molecule has 1 aliphatic rings. The van der Waals surface area contributed by atoms with Gasteiger partial charge < -0.3 is 4.74 Å². The van der Waals surface area contributed by atoms with Crippen LogP contribution in [0, 0.1) is 20.8 Å². The molecule has 0 saturated carbocycles. The normalized spacial score (nSPS) is 14.9. The van der Waals surface area contributed by atoms with Gasteiger partial charge in [0.25, 0.3) is 11.8 Å². The van der Waals surface area contributed by atoms with Crippen molar-refractivity contribution in [2.45, 2.75) is 34.1 Å². The van der Waals surface area contributed by atoms with Crippen molar-refractivity contribution < 1.29 is 19.1 Å². The molecule has 35 heavy (non-hydrogen) atoms. The summed E-state index contributed by atoms with van der Waals surface area (Å²) in [4.78, 5) is 39.2. The van der Waals surface area contributed by atoms with Crippen LogP contribution in [0.5, 0.6) is 5.75 Å². The van der Waals surface area contributed by atoms with E-state index in [1.165, 1.54) is 22.8 Å². The second kappa shape index (κ2) is 9.97. The average molecular weight is 469 g/mol. The summed E-state index contributed by atoms with van der Waals surface area (Å²) in [7, 11) is 0. The number of carbonyl (C=O) groups excluding carboxylic acids is 3. The highest BCUT2D eigenvalue weighted by Crippen LogP contribution is 2.27. The Morgan fingerprint density at radius 1 is 0.886 bits per heavy atom. The Hall–Kier alpha value is -4.19. The van der Waals surface area contributed by atoms with Crippen LogP contribution in [0.4, 0.5) is 10.5 Å². The maximum absolute atomic E-state index is 13.2. The molecule has 6 heteroatoms. The van der Waals surface area contributed by atoms with Crippen molar-refractivity contribution >= 4 is 29.6 Å². The smallest absolute Gasteiger partial charge is 0.335 e. The molecule has 1 N–H and O–H groups in total. The zero-order chi connectivity index (χ0) is 25.1. The number of rotatable bonds is 6. The van der Waals surface area contributed by atoms with Gasteiger partial charge in [-0.05, 0) is 74.2 Å². The van der Waals surface area contributed by atoms with Gasteiger partial charge in [-0.3, -0.25) is 14.9 Å². The Kier molecular flexibility index (Phi) is 6.82. The molecule has 1 fully saturated rings. The number of aryl methyl sites for hydroxylation is 3. The van der Waals surface area contributed by atoms with Crippen molar-refractivity contribution in [3.63, 3.8) is 0 Å². The van der Waals surface area contributed by atoms with Crippen LogP contribution < -0.4 is 15.0 Å². The van der Waals surface area contributed by atoms with E-state index in [2.05, 4.69) is 37.4 Å². The average Bonchev–Trinajstić information content (AvgIpc) is 2.78. The molecule has 6 nitrogen and oxygen atoms in total. The molecule has 0 radical (unpaired) electrons. The van der Waals surface area contributed by atoms with E-state index in [1.54, 1.807) is 18.2 Å². The lowest BCUT2D eigenvalue weighted by Crippen LogP contribution is -2.54. The molecule has 0 atom stereocenters. The van der Waals surface area contributed by atoms with E-state index in [9.17, 15) is 14.4 Å². The molecule has 0 unspecified atom stereocenters. The highest BCUT2D eigenvalue weighted by molar-refractivity contribution is 6.39. The topological polar surface area (TPSA) is 75.7 Å². The summed E-state index contributed by atoms with van der Waals surface area (Å²) in [6.45, 7) is 8.41. The number of nitrogens with one attached hydrogen (secondary N) is 1. The minimum atomic E-state index is -0.762. The summed E-state index contributed by atoms with van der Waals surface area (Å²) < 4.78 is 5.89. The second-order valence-corrected chi connectivity index (χ2v) is 8.77. The predicted octanol–water partition coefficient (Wildman–Crippen LogP) is 5.27. The molecule has 0 bridgehead atoms. The molecule has 0 spiro atoms. The van der Waals surface area contributed by atoms with Crippen LogP contribution in [0.25, 0.3) is 6.08 Å². The summed E-state index contributed by atoms with van der Waals surface area (Å²) in [6.07, 6.45) is 2.19. The van der Waals surface area contributed by atoms with E-state index < -0.39 is 17.8 Å².